The minimum atomic E-state index is -0.796. The van der Waals surface area contributed by atoms with Crippen LogP contribution in [0.25, 0.3) is 5.69 Å². The van der Waals surface area contributed by atoms with Crippen molar-refractivity contribution in [3.63, 3.8) is 0 Å². The standard InChI is InChI=1S/C26H26F2N2O2/c1-25(2)18-11-13-26(25,3)23-22(18)24(32)30(20-10-9-17(27)15-19(20)28)29(23)14-12-21(31)16-7-5-4-6-8-16/h4-10,15,18H,11-14H2,1-3H3/t18-,26+/m1/s1. The van der Waals surface area contributed by atoms with Crippen molar-refractivity contribution in [3.8, 4) is 5.69 Å². The fourth-order valence-electron chi connectivity index (χ4n) is 5.97. The summed E-state index contributed by atoms with van der Waals surface area (Å²) >= 11 is 0. The van der Waals surface area contributed by atoms with Crippen LogP contribution in [0.5, 0.6) is 0 Å². The maximum atomic E-state index is 14.8. The lowest BCUT2D eigenvalue weighted by molar-refractivity contribution is 0.0973. The molecule has 2 bridgehead atoms. The fourth-order valence-corrected chi connectivity index (χ4v) is 5.97. The Bertz CT molecular complexity index is 1290. The quantitative estimate of drug-likeness (QED) is 0.505. The summed E-state index contributed by atoms with van der Waals surface area (Å²) in [6, 6.07) is 12.3. The molecule has 1 fully saturated rings. The number of ketones is 1. The number of benzene rings is 2. The number of fused-ring (bicyclic) bond motifs is 5. The number of carbonyl (C=O) groups is 1. The second kappa shape index (κ2) is 6.99. The van der Waals surface area contributed by atoms with Crippen LogP contribution < -0.4 is 5.56 Å². The van der Waals surface area contributed by atoms with Crippen LogP contribution in [0.2, 0.25) is 0 Å². The van der Waals surface area contributed by atoms with E-state index in [4.69, 9.17) is 0 Å². The number of aromatic nitrogens is 2. The van der Waals surface area contributed by atoms with Crippen LogP contribution in [0.15, 0.2) is 53.3 Å². The van der Waals surface area contributed by atoms with Crippen LogP contribution in [-0.4, -0.2) is 15.1 Å². The highest BCUT2D eigenvalue weighted by atomic mass is 19.1. The third-order valence-electron chi connectivity index (χ3n) is 8.06. The molecule has 0 saturated heterocycles. The van der Waals surface area contributed by atoms with E-state index in [-0.39, 0.29) is 46.7 Å². The Morgan fingerprint density at radius 3 is 2.50 bits per heavy atom. The van der Waals surface area contributed by atoms with Crippen LogP contribution in [0.4, 0.5) is 8.78 Å². The number of Topliss-reactive ketones (excluding diaryl/α,β-unsaturated/α-hetero) is 1. The van der Waals surface area contributed by atoms with Crippen molar-refractivity contribution in [1.29, 1.82) is 0 Å². The van der Waals surface area contributed by atoms with E-state index in [9.17, 15) is 18.4 Å². The molecule has 1 aromatic heterocycles. The molecular formula is C26H26F2N2O2. The van der Waals surface area contributed by atoms with E-state index in [1.54, 1.807) is 16.8 Å². The minimum Gasteiger partial charge on any atom is -0.294 e. The van der Waals surface area contributed by atoms with Crippen molar-refractivity contribution in [1.82, 2.24) is 9.36 Å². The Morgan fingerprint density at radius 1 is 1.09 bits per heavy atom. The SMILES string of the molecule is CC1(C)[C@@H]2CC[C@@]1(C)c1c2c(=O)n(-c2ccc(F)cc2F)n1CCC(=O)c1ccccc1. The molecule has 32 heavy (non-hydrogen) atoms. The summed E-state index contributed by atoms with van der Waals surface area (Å²) < 4.78 is 31.5. The van der Waals surface area contributed by atoms with Gasteiger partial charge in [0, 0.05) is 35.6 Å². The molecule has 6 heteroatoms. The number of nitrogens with zero attached hydrogens (tertiary/aromatic N) is 2. The molecule has 0 aliphatic heterocycles. The Hall–Kier alpha value is -3.02. The predicted molar refractivity (Wildman–Crippen MR) is 118 cm³/mol. The molecule has 0 unspecified atom stereocenters. The average Bonchev–Trinajstić information content (AvgIpc) is 3.24. The van der Waals surface area contributed by atoms with Gasteiger partial charge in [-0.05, 0) is 36.3 Å². The second-order valence-electron chi connectivity index (χ2n) is 9.78. The largest absolute Gasteiger partial charge is 0.294 e. The van der Waals surface area contributed by atoms with E-state index >= 15 is 0 Å². The molecule has 166 valence electrons. The van der Waals surface area contributed by atoms with Gasteiger partial charge in [0.05, 0.1) is 5.69 Å². The van der Waals surface area contributed by atoms with Crippen molar-refractivity contribution in [2.75, 3.05) is 0 Å². The number of halogens is 2. The molecule has 5 rings (SSSR count). The average molecular weight is 437 g/mol. The maximum absolute atomic E-state index is 14.8. The van der Waals surface area contributed by atoms with E-state index in [1.165, 1.54) is 10.7 Å². The van der Waals surface area contributed by atoms with E-state index < -0.39 is 11.6 Å². The van der Waals surface area contributed by atoms with Crippen LogP contribution in [0.3, 0.4) is 0 Å². The summed E-state index contributed by atoms with van der Waals surface area (Å²) in [4.78, 5) is 26.5. The van der Waals surface area contributed by atoms with Crippen molar-refractivity contribution in [2.24, 2.45) is 5.41 Å². The molecule has 1 saturated carbocycles. The van der Waals surface area contributed by atoms with Gasteiger partial charge in [-0.1, -0.05) is 51.1 Å². The Kier molecular flexibility index (Phi) is 4.56. The summed E-state index contributed by atoms with van der Waals surface area (Å²) in [5, 5.41) is 0. The smallest absolute Gasteiger partial charge is 0.275 e. The molecule has 0 amide bonds. The summed E-state index contributed by atoms with van der Waals surface area (Å²) in [5.41, 5.74) is 1.60. The van der Waals surface area contributed by atoms with E-state index in [0.29, 0.717) is 5.56 Å². The van der Waals surface area contributed by atoms with Gasteiger partial charge < -0.3 is 0 Å². The number of hydrogen-bond acceptors (Lipinski definition) is 2. The zero-order valence-corrected chi connectivity index (χ0v) is 18.5. The third kappa shape index (κ3) is 2.71. The predicted octanol–water partition coefficient (Wildman–Crippen LogP) is 5.37. The van der Waals surface area contributed by atoms with Crippen molar-refractivity contribution in [2.45, 2.75) is 57.9 Å². The van der Waals surface area contributed by atoms with Gasteiger partial charge in [-0.25, -0.2) is 13.5 Å². The summed E-state index contributed by atoms with van der Waals surface area (Å²) in [6.45, 7) is 6.78. The Balaban J connectivity index is 1.66. The molecule has 0 spiro atoms. The van der Waals surface area contributed by atoms with Crippen LogP contribution in [0.1, 0.15) is 67.6 Å². The molecule has 0 radical (unpaired) electrons. The van der Waals surface area contributed by atoms with E-state index in [1.807, 2.05) is 18.2 Å². The van der Waals surface area contributed by atoms with Gasteiger partial charge in [-0.3, -0.25) is 14.3 Å². The van der Waals surface area contributed by atoms with E-state index in [0.717, 1.165) is 36.2 Å². The van der Waals surface area contributed by atoms with Crippen LogP contribution in [-0.2, 0) is 12.0 Å². The first kappa shape index (κ1) is 20.9. The summed E-state index contributed by atoms with van der Waals surface area (Å²) in [6.07, 6.45) is 2.01. The molecule has 2 atom stereocenters. The fraction of sp³-hybridized carbons (Fsp3) is 0.385. The molecule has 0 N–H and O–H groups in total. The monoisotopic (exact) mass is 436 g/mol. The number of carbonyl (C=O) groups excluding carboxylic acids is 1. The summed E-state index contributed by atoms with van der Waals surface area (Å²) in [7, 11) is 0. The molecule has 2 aromatic carbocycles. The highest BCUT2D eigenvalue weighted by molar-refractivity contribution is 5.95. The second-order valence-corrected chi connectivity index (χ2v) is 9.78. The van der Waals surface area contributed by atoms with Gasteiger partial charge in [0.1, 0.15) is 11.5 Å². The van der Waals surface area contributed by atoms with Gasteiger partial charge in [-0.2, -0.15) is 0 Å². The van der Waals surface area contributed by atoms with Gasteiger partial charge in [0.25, 0.3) is 5.56 Å². The molecule has 1 heterocycles. The zero-order chi connectivity index (χ0) is 22.8. The molecular weight excluding hydrogens is 410 g/mol. The minimum absolute atomic E-state index is 0.0127. The third-order valence-corrected chi connectivity index (χ3v) is 8.06. The lowest BCUT2D eigenvalue weighted by atomic mass is 9.70. The van der Waals surface area contributed by atoms with Crippen molar-refractivity contribution in [3.05, 3.63) is 87.3 Å². The molecule has 3 aromatic rings. The lowest BCUT2D eigenvalue weighted by Crippen LogP contribution is -2.36. The van der Waals surface area contributed by atoms with Gasteiger partial charge >= 0.3 is 0 Å². The van der Waals surface area contributed by atoms with Crippen LogP contribution in [0, 0.1) is 17.0 Å². The van der Waals surface area contributed by atoms with E-state index in [2.05, 4.69) is 20.8 Å². The first-order valence-corrected chi connectivity index (χ1v) is 11.1. The van der Waals surface area contributed by atoms with Crippen molar-refractivity contribution >= 4 is 5.78 Å². The normalized spacial score (nSPS) is 22.8. The highest BCUT2D eigenvalue weighted by Gasteiger charge is 2.62. The van der Waals surface area contributed by atoms with Gasteiger partial charge in [0.15, 0.2) is 11.6 Å². The van der Waals surface area contributed by atoms with Gasteiger partial charge in [0.2, 0.25) is 0 Å². The Morgan fingerprint density at radius 2 is 1.81 bits per heavy atom. The number of hydrogen-bond donors (Lipinski definition) is 0. The number of rotatable bonds is 5. The topological polar surface area (TPSA) is 44.0 Å². The first-order valence-electron chi connectivity index (χ1n) is 11.1. The molecule has 2 aliphatic carbocycles. The zero-order valence-electron chi connectivity index (χ0n) is 18.5. The Labute approximate surface area is 185 Å². The van der Waals surface area contributed by atoms with Crippen molar-refractivity contribution < 1.29 is 13.6 Å². The van der Waals surface area contributed by atoms with Crippen LogP contribution >= 0.6 is 0 Å². The summed E-state index contributed by atoms with van der Waals surface area (Å²) in [5.74, 6) is -1.46. The molecule has 2 aliphatic rings. The first-order chi connectivity index (χ1) is 15.2. The lowest BCUT2D eigenvalue weighted by Gasteiger charge is -2.36. The van der Waals surface area contributed by atoms with Gasteiger partial charge in [-0.15, -0.1) is 0 Å². The molecule has 4 nitrogen and oxygen atoms in total. The maximum Gasteiger partial charge on any atom is 0.275 e. The highest BCUT2D eigenvalue weighted by Crippen LogP contribution is 2.67.